The van der Waals surface area contributed by atoms with Gasteiger partial charge in [-0.15, -0.1) is 0 Å². The van der Waals surface area contributed by atoms with Crippen molar-refractivity contribution < 1.29 is 29.0 Å². The molecule has 1 N–H and O–H groups in total. The Bertz CT molecular complexity index is 824. The van der Waals surface area contributed by atoms with Gasteiger partial charge in [0.1, 0.15) is 5.70 Å². The molecule has 0 fully saturated rings. The highest BCUT2D eigenvalue weighted by atomic mass is 127. The van der Waals surface area contributed by atoms with Crippen LogP contribution in [0.2, 0.25) is 0 Å². The molecule has 0 aliphatic carbocycles. The largest absolute Gasteiger partial charge is 0.478 e. The Hall–Kier alpha value is -2.62. The number of allylic oxidation sites excluding steroid dienone is 2. The number of esters is 2. The van der Waals surface area contributed by atoms with Gasteiger partial charge < -0.3 is 19.5 Å². The SMILES string of the molecule is COC(=O)C1=C(C(=O)OC)N(c2ccc(C(=O)O)cc2I)C=CC=C1. The molecule has 0 atom stereocenters. The fourth-order valence-corrected chi connectivity index (χ4v) is 2.96. The van der Waals surface area contributed by atoms with Crippen LogP contribution in [0.3, 0.4) is 0 Å². The lowest BCUT2D eigenvalue weighted by Gasteiger charge is -2.24. The number of hydrogen-bond donors (Lipinski definition) is 1. The van der Waals surface area contributed by atoms with E-state index >= 15 is 0 Å². The Morgan fingerprint density at radius 2 is 1.76 bits per heavy atom. The molecule has 0 saturated carbocycles. The van der Waals surface area contributed by atoms with E-state index in [1.807, 2.05) is 22.6 Å². The first-order valence-electron chi connectivity index (χ1n) is 6.98. The maximum Gasteiger partial charge on any atom is 0.355 e. The normalized spacial score (nSPS) is 13.5. The van der Waals surface area contributed by atoms with Gasteiger partial charge in [-0.2, -0.15) is 0 Å². The number of ether oxygens (including phenoxy) is 2. The van der Waals surface area contributed by atoms with Crippen LogP contribution in [0, 0.1) is 3.57 Å². The molecule has 0 spiro atoms. The van der Waals surface area contributed by atoms with E-state index in [2.05, 4.69) is 0 Å². The highest BCUT2D eigenvalue weighted by Crippen LogP contribution is 2.30. The molecular formula is C17H14INO6. The minimum absolute atomic E-state index is 0.0254. The zero-order chi connectivity index (χ0) is 18.6. The summed E-state index contributed by atoms with van der Waals surface area (Å²) in [6.45, 7) is 0. The number of rotatable bonds is 4. The van der Waals surface area contributed by atoms with Crippen molar-refractivity contribution in [3.63, 3.8) is 0 Å². The predicted molar refractivity (Wildman–Crippen MR) is 97.9 cm³/mol. The first-order chi connectivity index (χ1) is 11.9. The summed E-state index contributed by atoms with van der Waals surface area (Å²) < 4.78 is 10.1. The van der Waals surface area contributed by atoms with Crippen molar-refractivity contribution in [3.05, 3.63) is 63.0 Å². The van der Waals surface area contributed by atoms with E-state index < -0.39 is 17.9 Å². The number of methoxy groups -OCH3 is 2. The minimum Gasteiger partial charge on any atom is -0.478 e. The Balaban J connectivity index is 2.67. The number of carboxylic acids is 1. The van der Waals surface area contributed by atoms with Crippen LogP contribution in [0.4, 0.5) is 5.69 Å². The van der Waals surface area contributed by atoms with Gasteiger partial charge in [0.15, 0.2) is 0 Å². The van der Waals surface area contributed by atoms with Gasteiger partial charge in [0.25, 0.3) is 0 Å². The zero-order valence-electron chi connectivity index (χ0n) is 13.4. The predicted octanol–water partition coefficient (Wildman–Crippen LogP) is 2.48. The fraction of sp³-hybridized carbons (Fsp3) is 0.118. The molecule has 0 unspecified atom stereocenters. The topological polar surface area (TPSA) is 93.1 Å². The average molecular weight is 455 g/mol. The van der Waals surface area contributed by atoms with Gasteiger partial charge in [0.05, 0.1) is 31.0 Å². The van der Waals surface area contributed by atoms with Crippen molar-refractivity contribution in [2.75, 3.05) is 19.1 Å². The lowest BCUT2D eigenvalue weighted by molar-refractivity contribution is -0.139. The summed E-state index contributed by atoms with van der Waals surface area (Å²) in [5.74, 6) is -2.48. The quantitative estimate of drug-likeness (QED) is 0.551. The van der Waals surface area contributed by atoms with Crippen molar-refractivity contribution in [2.24, 2.45) is 0 Å². The lowest BCUT2D eigenvalue weighted by atomic mass is 10.1. The lowest BCUT2D eigenvalue weighted by Crippen LogP contribution is -2.27. The van der Waals surface area contributed by atoms with Gasteiger partial charge in [-0.3, -0.25) is 0 Å². The average Bonchev–Trinajstić information content (AvgIpc) is 2.82. The maximum atomic E-state index is 12.3. The summed E-state index contributed by atoms with van der Waals surface area (Å²) in [6.07, 6.45) is 6.26. The van der Waals surface area contributed by atoms with E-state index in [1.54, 1.807) is 24.4 Å². The molecule has 0 saturated heterocycles. The molecule has 1 aliphatic rings. The van der Waals surface area contributed by atoms with E-state index in [0.717, 1.165) is 0 Å². The van der Waals surface area contributed by atoms with Crippen molar-refractivity contribution in [3.8, 4) is 0 Å². The first-order valence-corrected chi connectivity index (χ1v) is 8.06. The molecule has 1 aromatic rings. The summed E-state index contributed by atoms with van der Waals surface area (Å²) in [5, 5.41) is 9.09. The molecule has 1 aromatic carbocycles. The second-order valence-corrected chi connectivity index (χ2v) is 5.95. The number of benzene rings is 1. The minimum atomic E-state index is -1.06. The zero-order valence-corrected chi connectivity index (χ0v) is 15.5. The van der Waals surface area contributed by atoms with Crippen LogP contribution in [0.15, 0.2) is 53.9 Å². The molecule has 2 rings (SSSR count). The number of carboxylic acid groups (broad SMARTS) is 1. The Morgan fingerprint density at radius 3 is 2.32 bits per heavy atom. The van der Waals surface area contributed by atoms with Gasteiger partial charge in [0.2, 0.25) is 0 Å². The highest BCUT2D eigenvalue weighted by Gasteiger charge is 2.28. The second kappa shape index (κ2) is 7.97. The first kappa shape index (κ1) is 18.7. The van der Waals surface area contributed by atoms with Crippen molar-refractivity contribution >= 4 is 46.2 Å². The third-order valence-corrected chi connectivity index (χ3v) is 4.21. The van der Waals surface area contributed by atoms with Crippen LogP contribution in [0.1, 0.15) is 10.4 Å². The second-order valence-electron chi connectivity index (χ2n) is 4.79. The molecule has 130 valence electrons. The molecule has 1 aliphatic heterocycles. The highest BCUT2D eigenvalue weighted by molar-refractivity contribution is 14.1. The van der Waals surface area contributed by atoms with Crippen LogP contribution in [0.5, 0.6) is 0 Å². The van der Waals surface area contributed by atoms with Crippen LogP contribution in [-0.4, -0.2) is 37.2 Å². The van der Waals surface area contributed by atoms with Gasteiger partial charge in [0, 0.05) is 9.77 Å². The standard InChI is InChI=1S/C17H14INO6/c1-24-16(22)11-5-3-4-8-19(14(11)17(23)25-2)13-7-6-10(15(20)21)9-12(13)18/h3-9H,1-2H3,(H,20,21). The van der Waals surface area contributed by atoms with Crippen molar-refractivity contribution in [1.82, 2.24) is 0 Å². The van der Waals surface area contributed by atoms with E-state index in [9.17, 15) is 14.4 Å². The molecule has 0 amide bonds. The third-order valence-electron chi connectivity index (χ3n) is 3.34. The van der Waals surface area contributed by atoms with E-state index in [1.165, 1.54) is 37.3 Å². The number of carbonyl (C=O) groups excluding carboxylic acids is 2. The van der Waals surface area contributed by atoms with E-state index in [0.29, 0.717) is 9.26 Å². The van der Waals surface area contributed by atoms with Gasteiger partial charge in [-0.25, -0.2) is 14.4 Å². The smallest absolute Gasteiger partial charge is 0.355 e. The molecule has 0 bridgehead atoms. The summed E-state index contributed by atoms with van der Waals surface area (Å²) in [7, 11) is 2.42. The molecule has 0 aromatic heterocycles. The number of carbonyl (C=O) groups is 3. The molecule has 8 heteroatoms. The number of nitrogens with zero attached hydrogens (tertiary/aromatic N) is 1. The maximum absolute atomic E-state index is 12.3. The number of halogens is 1. The molecule has 0 radical (unpaired) electrons. The summed E-state index contributed by atoms with van der Waals surface area (Å²) in [4.78, 5) is 37.0. The Labute approximate surface area is 157 Å². The van der Waals surface area contributed by atoms with Gasteiger partial charge >= 0.3 is 17.9 Å². The number of anilines is 1. The van der Waals surface area contributed by atoms with Crippen molar-refractivity contribution in [1.29, 1.82) is 0 Å². The van der Waals surface area contributed by atoms with Crippen molar-refractivity contribution in [2.45, 2.75) is 0 Å². The summed E-state index contributed by atoms with van der Waals surface area (Å²) >= 11 is 1.96. The van der Waals surface area contributed by atoms with Crippen LogP contribution in [0.25, 0.3) is 0 Å². The van der Waals surface area contributed by atoms with Gasteiger partial charge in [-0.1, -0.05) is 6.08 Å². The van der Waals surface area contributed by atoms with E-state index in [-0.39, 0.29) is 16.8 Å². The monoisotopic (exact) mass is 455 g/mol. The molecular weight excluding hydrogens is 441 g/mol. The Kier molecular flexibility index (Phi) is 5.97. The fourth-order valence-electron chi connectivity index (χ4n) is 2.19. The molecule has 1 heterocycles. The van der Waals surface area contributed by atoms with Crippen LogP contribution < -0.4 is 4.90 Å². The molecule has 7 nitrogen and oxygen atoms in total. The van der Waals surface area contributed by atoms with Gasteiger partial charge in [-0.05, 0) is 52.9 Å². The van der Waals surface area contributed by atoms with E-state index in [4.69, 9.17) is 14.6 Å². The molecule has 25 heavy (non-hydrogen) atoms. The summed E-state index contributed by atoms with van der Waals surface area (Å²) in [5.41, 5.74) is 0.632. The van der Waals surface area contributed by atoms with Crippen LogP contribution >= 0.6 is 22.6 Å². The third kappa shape index (κ3) is 3.90. The number of aromatic carboxylic acids is 1. The number of hydrogen-bond acceptors (Lipinski definition) is 6. The van der Waals surface area contributed by atoms with Crippen LogP contribution in [-0.2, 0) is 19.1 Å². The Morgan fingerprint density at radius 1 is 1.08 bits per heavy atom. The summed E-state index contributed by atoms with van der Waals surface area (Å²) in [6, 6.07) is 4.44.